The van der Waals surface area contributed by atoms with Crippen molar-refractivity contribution in [2.45, 2.75) is 33.6 Å². The molecule has 0 saturated heterocycles. The molecule has 0 heterocycles. The van der Waals surface area contributed by atoms with Crippen molar-refractivity contribution in [1.82, 2.24) is 5.32 Å². The summed E-state index contributed by atoms with van der Waals surface area (Å²) in [5.41, 5.74) is 4.87. The first-order valence-electron chi connectivity index (χ1n) is 10.0. The molecule has 2 amide bonds. The van der Waals surface area contributed by atoms with Crippen LogP contribution in [0.2, 0.25) is 0 Å². The molecule has 0 bridgehead atoms. The van der Waals surface area contributed by atoms with E-state index in [0.717, 1.165) is 44.5 Å². The number of hydrogen-bond acceptors (Lipinski definition) is 3. The predicted molar refractivity (Wildman–Crippen MR) is 121 cm³/mol. The Labute approximate surface area is 177 Å². The third kappa shape index (κ3) is 4.79. The number of benzene rings is 3. The van der Waals surface area contributed by atoms with Gasteiger partial charge in [0, 0.05) is 5.69 Å². The zero-order chi connectivity index (χ0) is 21.8. The average molecular weight is 405 g/mol. The Morgan fingerprint density at radius 3 is 2.23 bits per heavy atom. The second-order valence-corrected chi connectivity index (χ2v) is 7.73. The van der Waals surface area contributed by atoms with Gasteiger partial charge in [0.2, 0.25) is 11.8 Å². The van der Waals surface area contributed by atoms with Crippen LogP contribution in [0.15, 0.2) is 48.5 Å². The molecule has 1 atom stereocenters. The molecule has 5 heteroatoms. The first-order chi connectivity index (χ1) is 14.3. The van der Waals surface area contributed by atoms with Crippen molar-refractivity contribution in [3.8, 4) is 5.75 Å². The van der Waals surface area contributed by atoms with Gasteiger partial charge in [0.25, 0.3) is 0 Å². The van der Waals surface area contributed by atoms with Gasteiger partial charge in [-0.1, -0.05) is 42.0 Å². The second-order valence-electron chi connectivity index (χ2n) is 7.73. The molecule has 0 aromatic heterocycles. The lowest BCUT2D eigenvalue weighted by Crippen LogP contribution is -2.35. The lowest BCUT2D eigenvalue weighted by molar-refractivity contribution is -0.125. The van der Waals surface area contributed by atoms with Crippen molar-refractivity contribution >= 4 is 28.3 Å². The molecule has 30 heavy (non-hydrogen) atoms. The number of amides is 2. The lowest BCUT2D eigenvalue weighted by atomic mass is 9.97. The summed E-state index contributed by atoms with van der Waals surface area (Å²) in [5.74, 6) is 0.00447. The molecule has 0 radical (unpaired) electrons. The highest BCUT2D eigenvalue weighted by Gasteiger charge is 2.17. The molecular formula is C25H28N2O3. The van der Waals surface area contributed by atoms with E-state index in [9.17, 15) is 9.59 Å². The highest BCUT2D eigenvalue weighted by Crippen LogP contribution is 2.25. The van der Waals surface area contributed by atoms with Crippen molar-refractivity contribution in [3.63, 3.8) is 0 Å². The first kappa shape index (κ1) is 21.4. The van der Waals surface area contributed by atoms with Crippen LogP contribution < -0.4 is 15.4 Å². The molecule has 2 N–H and O–H groups in total. The van der Waals surface area contributed by atoms with E-state index in [2.05, 4.69) is 10.6 Å². The van der Waals surface area contributed by atoms with E-state index < -0.39 is 0 Å². The largest absolute Gasteiger partial charge is 0.497 e. The molecule has 0 aliphatic carbocycles. The van der Waals surface area contributed by atoms with Crippen LogP contribution in [0.5, 0.6) is 5.75 Å². The minimum Gasteiger partial charge on any atom is -0.497 e. The molecule has 1 unspecified atom stereocenters. The van der Waals surface area contributed by atoms with Gasteiger partial charge in [-0.05, 0) is 67.3 Å². The van der Waals surface area contributed by atoms with Gasteiger partial charge in [-0.3, -0.25) is 9.59 Å². The summed E-state index contributed by atoms with van der Waals surface area (Å²) in [6.07, 6.45) is 0. The summed E-state index contributed by atoms with van der Waals surface area (Å²) in [7, 11) is 1.64. The topological polar surface area (TPSA) is 67.4 Å². The summed E-state index contributed by atoms with van der Waals surface area (Å²) in [5, 5.41) is 7.74. The van der Waals surface area contributed by atoms with E-state index in [1.807, 2.05) is 76.2 Å². The van der Waals surface area contributed by atoms with Crippen molar-refractivity contribution in [3.05, 3.63) is 70.8 Å². The highest BCUT2D eigenvalue weighted by molar-refractivity contribution is 5.97. The fourth-order valence-corrected chi connectivity index (χ4v) is 3.67. The number of methoxy groups -OCH3 is 1. The molecular weight excluding hydrogens is 376 g/mol. The molecule has 5 nitrogen and oxygen atoms in total. The van der Waals surface area contributed by atoms with E-state index in [1.54, 1.807) is 7.11 Å². The van der Waals surface area contributed by atoms with Gasteiger partial charge < -0.3 is 15.4 Å². The Morgan fingerprint density at radius 1 is 0.933 bits per heavy atom. The van der Waals surface area contributed by atoms with Crippen LogP contribution in [0.1, 0.15) is 35.1 Å². The third-order valence-corrected chi connectivity index (χ3v) is 5.33. The van der Waals surface area contributed by atoms with Crippen LogP contribution in [-0.2, 0) is 9.59 Å². The predicted octanol–water partition coefficient (Wildman–Crippen LogP) is 4.63. The number of anilines is 1. The normalized spacial score (nSPS) is 11.8. The van der Waals surface area contributed by atoms with Crippen LogP contribution in [0.25, 0.3) is 10.8 Å². The number of aryl methyl sites for hydroxylation is 3. The maximum atomic E-state index is 12.6. The fraction of sp³-hybridized carbons (Fsp3) is 0.280. The van der Waals surface area contributed by atoms with Crippen LogP contribution in [-0.4, -0.2) is 25.5 Å². The number of carbonyl (C=O) groups is 2. The third-order valence-electron chi connectivity index (χ3n) is 5.33. The molecule has 0 fully saturated rings. The molecule has 3 aromatic carbocycles. The number of hydrogen-bond donors (Lipinski definition) is 2. The summed E-state index contributed by atoms with van der Waals surface area (Å²) in [4.78, 5) is 25.0. The van der Waals surface area contributed by atoms with Crippen molar-refractivity contribution in [2.24, 2.45) is 0 Å². The number of rotatable bonds is 6. The molecule has 0 spiro atoms. The fourth-order valence-electron chi connectivity index (χ4n) is 3.67. The average Bonchev–Trinajstić information content (AvgIpc) is 2.73. The number of carbonyl (C=O) groups excluding carboxylic acids is 2. The Bertz CT molecular complexity index is 1080. The van der Waals surface area contributed by atoms with Gasteiger partial charge in [0.15, 0.2) is 0 Å². The van der Waals surface area contributed by atoms with Crippen molar-refractivity contribution in [2.75, 3.05) is 19.0 Å². The van der Waals surface area contributed by atoms with Gasteiger partial charge >= 0.3 is 0 Å². The summed E-state index contributed by atoms with van der Waals surface area (Å²) in [6, 6.07) is 15.8. The molecule has 0 aliphatic rings. The first-order valence-corrected chi connectivity index (χ1v) is 10.0. The van der Waals surface area contributed by atoms with Gasteiger partial charge in [-0.2, -0.15) is 0 Å². The minimum absolute atomic E-state index is 0.0687. The van der Waals surface area contributed by atoms with Crippen molar-refractivity contribution < 1.29 is 14.3 Å². The Morgan fingerprint density at radius 2 is 1.57 bits per heavy atom. The van der Waals surface area contributed by atoms with Gasteiger partial charge in [-0.25, -0.2) is 0 Å². The molecule has 156 valence electrons. The number of ether oxygens (including phenoxy) is 1. The van der Waals surface area contributed by atoms with Crippen LogP contribution in [0.3, 0.4) is 0 Å². The smallest absolute Gasteiger partial charge is 0.243 e. The Balaban J connectivity index is 1.63. The van der Waals surface area contributed by atoms with Crippen LogP contribution >= 0.6 is 0 Å². The second kappa shape index (κ2) is 8.99. The van der Waals surface area contributed by atoms with Gasteiger partial charge in [0.1, 0.15) is 5.75 Å². The monoisotopic (exact) mass is 404 g/mol. The lowest BCUT2D eigenvalue weighted by Gasteiger charge is -2.15. The maximum Gasteiger partial charge on any atom is 0.243 e. The molecule has 3 aromatic rings. The number of nitrogens with one attached hydrogen (secondary N) is 2. The highest BCUT2D eigenvalue weighted by atomic mass is 16.5. The summed E-state index contributed by atoms with van der Waals surface area (Å²) >= 11 is 0. The van der Waals surface area contributed by atoms with E-state index in [1.165, 1.54) is 0 Å². The quantitative estimate of drug-likeness (QED) is 0.629. The van der Waals surface area contributed by atoms with Crippen LogP contribution in [0.4, 0.5) is 5.69 Å². The Hall–Kier alpha value is -3.34. The summed E-state index contributed by atoms with van der Waals surface area (Å²) in [6.45, 7) is 7.72. The standard InChI is InChI=1S/C25H28N2O3/c1-15-10-16(2)24(17(3)11-15)27-23(28)14-26-25(29)18(4)19-6-7-21-13-22(30-5)9-8-20(21)12-19/h6-13,18H,14H2,1-5H3,(H,26,29)(H,27,28). The van der Waals surface area contributed by atoms with E-state index in [0.29, 0.717) is 0 Å². The molecule has 0 saturated carbocycles. The van der Waals surface area contributed by atoms with Crippen LogP contribution in [0, 0.1) is 20.8 Å². The van der Waals surface area contributed by atoms with E-state index in [-0.39, 0.29) is 24.3 Å². The zero-order valence-electron chi connectivity index (χ0n) is 18.1. The van der Waals surface area contributed by atoms with Gasteiger partial charge in [0.05, 0.1) is 19.6 Å². The zero-order valence-corrected chi connectivity index (χ0v) is 18.1. The van der Waals surface area contributed by atoms with Gasteiger partial charge in [-0.15, -0.1) is 0 Å². The minimum atomic E-state index is -0.368. The van der Waals surface area contributed by atoms with E-state index in [4.69, 9.17) is 4.74 Å². The van der Waals surface area contributed by atoms with Crippen molar-refractivity contribution in [1.29, 1.82) is 0 Å². The molecule has 3 rings (SSSR count). The summed E-state index contributed by atoms with van der Waals surface area (Å²) < 4.78 is 5.25. The SMILES string of the molecule is COc1ccc2cc(C(C)C(=O)NCC(=O)Nc3c(C)cc(C)cc3C)ccc2c1. The van der Waals surface area contributed by atoms with E-state index >= 15 is 0 Å². The maximum absolute atomic E-state index is 12.6. The number of fused-ring (bicyclic) bond motifs is 1. The molecule has 0 aliphatic heterocycles. The Kier molecular flexibility index (Phi) is 6.40.